The van der Waals surface area contributed by atoms with E-state index in [2.05, 4.69) is 41.1 Å². The van der Waals surface area contributed by atoms with Crippen molar-refractivity contribution in [3.63, 3.8) is 0 Å². The van der Waals surface area contributed by atoms with Crippen LogP contribution in [0.4, 0.5) is 5.13 Å². The number of hydrogen-bond acceptors (Lipinski definition) is 5. The maximum atomic E-state index is 12.0. The summed E-state index contributed by atoms with van der Waals surface area (Å²) in [6.07, 6.45) is 0. The smallest absolute Gasteiger partial charge is 0.266 e. The molecule has 0 bridgehead atoms. The molecule has 0 atom stereocenters. The number of nitrogens with zero attached hydrogens (tertiary/aromatic N) is 4. The Bertz CT molecular complexity index is 722. The molecule has 1 aliphatic rings. The molecule has 6 heteroatoms. The van der Waals surface area contributed by atoms with Gasteiger partial charge in [0.25, 0.3) is 5.56 Å². The van der Waals surface area contributed by atoms with Gasteiger partial charge in [-0.3, -0.25) is 4.79 Å². The highest BCUT2D eigenvalue weighted by molar-refractivity contribution is 7.13. The Morgan fingerprint density at radius 1 is 1.32 bits per heavy atom. The molecule has 1 aliphatic heterocycles. The highest BCUT2D eigenvalue weighted by Crippen LogP contribution is 2.28. The van der Waals surface area contributed by atoms with Crippen LogP contribution in [0.3, 0.4) is 0 Å². The fourth-order valence-electron chi connectivity index (χ4n) is 2.55. The SMILES string of the molecule is Cc1csc(N2CC(Cn3nc(C(C)(C)C)ccc3=O)C2)n1. The van der Waals surface area contributed by atoms with Crippen LogP contribution in [0.25, 0.3) is 0 Å². The fourth-order valence-corrected chi connectivity index (χ4v) is 3.38. The molecule has 0 spiro atoms. The second-order valence-electron chi connectivity index (χ2n) is 7.03. The first-order chi connectivity index (χ1) is 10.3. The molecule has 22 heavy (non-hydrogen) atoms. The van der Waals surface area contributed by atoms with Crippen LogP contribution < -0.4 is 10.5 Å². The zero-order valence-electron chi connectivity index (χ0n) is 13.5. The van der Waals surface area contributed by atoms with Gasteiger partial charge in [0.15, 0.2) is 5.13 Å². The molecule has 0 amide bonds. The minimum atomic E-state index is -0.0421. The molecule has 0 aliphatic carbocycles. The average molecular weight is 318 g/mol. The summed E-state index contributed by atoms with van der Waals surface area (Å²) >= 11 is 1.68. The molecule has 0 aromatic carbocycles. The van der Waals surface area contributed by atoms with Gasteiger partial charge in [-0.15, -0.1) is 11.3 Å². The first kappa shape index (κ1) is 15.2. The van der Waals surface area contributed by atoms with Crippen molar-refractivity contribution in [3.05, 3.63) is 39.3 Å². The van der Waals surface area contributed by atoms with Crippen LogP contribution in [0.2, 0.25) is 0 Å². The number of rotatable bonds is 3. The minimum Gasteiger partial charge on any atom is -0.347 e. The predicted octanol–water partition coefficient (Wildman–Crippen LogP) is 2.44. The van der Waals surface area contributed by atoms with Crippen LogP contribution in [0.1, 0.15) is 32.2 Å². The van der Waals surface area contributed by atoms with Crippen molar-refractivity contribution in [1.29, 1.82) is 0 Å². The Morgan fingerprint density at radius 3 is 2.64 bits per heavy atom. The number of aryl methyl sites for hydroxylation is 1. The summed E-state index contributed by atoms with van der Waals surface area (Å²) < 4.78 is 1.62. The van der Waals surface area contributed by atoms with Gasteiger partial charge in [0.2, 0.25) is 0 Å². The first-order valence-corrected chi connectivity index (χ1v) is 8.46. The van der Waals surface area contributed by atoms with Gasteiger partial charge in [-0.05, 0) is 13.0 Å². The van der Waals surface area contributed by atoms with E-state index < -0.39 is 0 Å². The van der Waals surface area contributed by atoms with Gasteiger partial charge in [0.1, 0.15) is 0 Å². The molecular weight excluding hydrogens is 296 g/mol. The van der Waals surface area contributed by atoms with Crippen molar-refractivity contribution in [2.24, 2.45) is 5.92 Å². The van der Waals surface area contributed by atoms with E-state index in [1.165, 1.54) is 0 Å². The van der Waals surface area contributed by atoms with Crippen LogP contribution >= 0.6 is 11.3 Å². The molecule has 3 rings (SSSR count). The molecular formula is C16H22N4OS. The van der Waals surface area contributed by atoms with Crippen molar-refractivity contribution >= 4 is 16.5 Å². The van der Waals surface area contributed by atoms with Crippen LogP contribution in [0.15, 0.2) is 22.3 Å². The summed E-state index contributed by atoms with van der Waals surface area (Å²) in [5.74, 6) is 0.463. The normalized spacial score (nSPS) is 15.9. The summed E-state index contributed by atoms with van der Waals surface area (Å²) in [6, 6.07) is 3.47. The third kappa shape index (κ3) is 3.06. The van der Waals surface area contributed by atoms with E-state index in [4.69, 9.17) is 0 Å². The predicted molar refractivity (Wildman–Crippen MR) is 89.8 cm³/mol. The molecule has 118 valence electrons. The quantitative estimate of drug-likeness (QED) is 0.872. The maximum Gasteiger partial charge on any atom is 0.266 e. The van der Waals surface area contributed by atoms with Gasteiger partial charge in [-0.1, -0.05) is 20.8 Å². The lowest BCUT2D eigenvalue weighted by atomic mass is 9.92. The van der Waals surface area contributed by atoms with Crippen LogP contribution in [0.5, 0.6) is 0 Å². The minimum absolute atomic E-state index is 0.0171. The second kappa shape index (κ2) is 5.50. The number of aromatic nitrogens is 3. The van der Waals surface area contributed by atoms with Crippen molar-refractivity contribution < 1.29 is 0 Å². The summed E-state index contributed by atoms with van der Waals surface area (Å²) in [6.45, 7) is 10.9. The lowest BCUT2D eigenvalue weighted by Gasteiger charge is -2.39. The Hall–Kier alpha value is -1.69. The van der Waals surface area contributed by atoms with E-state index in [1.54, 1.807) is 22.1 Å². The zero-order valence-corrected chi connectivity index (χ0v) is 14.4. The fraction of sp³-hybridized carbons (Fsp3) is 0.562. The molecule has 2 aromatic heterocycles. The van der Waals surface area contributed by atoms with E-state index in [1.807, 2.05) is 13.0 Å². The summed E-state index contributed by atoms with van der Waals surface area (Å²) in [7, 11) is 0. The number of anilines is 1. The van der Waals surface area contributed by atoms with E-state index in [0.717, 1.165) is 29.6 Å². The lowest BCUT2D eigenvalue weighted by molar-refractivity contribution is 0.329. The molecule has 0 saturated carbocycles. The Kier molecular flexibility index (Phi) is 3.80. The van der Waals surface area contributed by atoms with E-state index in [-0.39, 0.29) is 11.0 Å². The Labute approximate surface area is 134 Å². The van der Waals surface area contributed by atoms with Crippen molar-refractivity contribution in [2.45, 2.75) is 39.7 Å². The molecule has 0 radical (unpaired) electrons. The summed E-state index contributed by atoms with van der Waals surface area (Å²) in [5.41, 5.74) is 1.97. The standard InChI is InChI=1S/C16H22N4OS/c1-11-10-22-15(17-11)19-7-12(8-19)9-20-14(21)6-5-13(18-20)16(2,3)4/h5-6,10,12H,7-9H2,1-4H3. The van der Waals surface area contributed by atoms with Gasteiger partial charge in [0, 0.05) is 35.9 Å². The largest absolute Gasteiger partial charge is 0.347 e. The Morgan fingerprint density at radius 2 is 2.05 bits per heavy atom. The molecule has 0 N–H and O–H groups in total. The third-order valence-corrected chi connectivity index (χ3v) is 4.92. The van der Waals surface area contributed by atoms with Crippen LogP contribution in [-0.2, 0) is 12.0 Å². The average Bonchev–Trinajstić information content (AvgIpc) is 2.80. The maximum absolute atomic E-state index is 12.0. The van der Waals surface area contributed by atoms with Crippen molar-refractivity contribution in [1.82, 2.24) is 14.8 Å². The Balaban J connectivity index is 1.67. The van der Waals surface area contributed by atoms with Gasteiger partial charge in [-0.2, -0.15) is 5.10 Å². The molecule has 2 aromatic rings. The van der Waals surface area contributed by atoms with E-state index >= 15 is 0 Å². The number of hydrogen-bond donors (Lipinski definition) is 0. The molecule has 3 heterocycles. The summed E-state index contributed by atoms with van der Waals surface area (Å²) in [5, 5.41) is 7.69. The van der Waals surface area contributed by atoms with Crippen molar-refractivity contribution in [2.75, 3.05) is 18.0 Å². The van der Waals surface area contributed by atoms with Crippen molar-refractivity contribution in [3.8, 4) is 0 Å². The van der Waals surface area contributed by atoms with Gasteiger partial charge >= 0.3 is 0 Å². The third-order valence-electron chi connectivity index (χ3n) is 3.90. The molecule has 5 nitrogen and oxygen atoms in total. The van der Waals surface area contributed by atoms with Gasteiger partial charge < -0.3 is 4.90 Å². The highest BCUT2D eigenvalue weighted by Gasteiger charge is 2.29. The highest BCUT2D eigenvalue weighted by atomic mass is 32.1. The van der Waals surface area contributed by atoms with E-state index in [9.17, 15) is 4.79 Å². The van der Waals surface area contributed by atoms with Gasteiger partial charge in [-0.25, -0.2) is 9.67 Å². The van der Waals surface area contributed by atoms with Gasteiger partial charge in [0.05, 0.1) is 17.9 Å². The molecule has 0 unspecified atom stereocenters. The molecule has 1 fully saturated rings. The first-order valence-electron chi connectivity index (χ1n) is 7.58. The lowest BCUT2D eigenvalue weighted by Crippen LogP contribution is -2.49. The van der Waals surface area contributed by atoms with Crippen LogP contribution in [-0.4, -0.2) is 27.9 Å². The zero-order chi connectivity index (χ0) is 15.9. The monoisotopic (exact) mass is 318 g/mol. The molecule has 1 saturated heterocycles. The summed E-state index contributed by atoms with van der Waals surface area (Å²) in [4.78, 5) is 18.8. The van der Waals surface area contributed by atoms with E-state index in [0.29, 0.717) is 12.5 Å². The van der Waals surface area contributed by atoms with Crippen LogP contribution in [0, 0.1) is 12.8 Å². The number of thiazole rings is 1. The topological polar surface area (TPSA) is 51.0 Å². The second-order valence-corrected chi connectivity index (χ2v) is 7.87.